The fraction of sp³-hybridized carbons (Fsp3) is 0.538. The maximum Gasteiger partial charge on any atom is 0.243 e. The number of benzene rings is 1. The zero-order valence-corrected chi connectivity index (χ0v) is 13.6. The van der Waals surface area contributed by atoms with E-state index in [1.54, 1.807) is 0 Å². The van der Waals surface area contributed by atoms with Crippen LogP contribution in [0.5, 0.6) is 0 Å². The van der Waals surface area contributed by atoms with Gasteiger partial charge in [0.15, 0.2) is 0 Å². The molecular formula is C13H18Cl2N2O2S. The molecule has 1 fully saturated rings. The van der Waals surface area contributed by atoms with Crippen LogP contribution in [0.1, 0.15) is 12.8 Å². The summed E-state index contributed by atoms with van der Waals surface area (Å²) in [4.78, 5) is 0.206. The molecule has 1 saturated heterocycles. The van der Waals surface area contributed by atoms with Gasteiger partial charge in [0.05, 0.1) is 14.9 Å². The fourth-order valence-electron chi connectivity index (χ4n) is 2.49. The second-order valence-corrected chi connectivity index (χ2v) is 7.76. The summed E-state index contributed by atoms with van der Waals surface area (Å²) in [6, 6.07) is 4.44. The average Bonchev–Trinajstić information content (AvgIpc) is 2.42. The number of nitrogens with zero attached hydrogens (tertiary/aromatic N) is 1. The van der Waals surface area contributed by atoms with Gasteiger partial charge in [-0.25, -0.2) is 8.42 Å². The number of hydrogen-bond acceptors (Lipinski definition) is 3. The Bertz CT molecular complexity index is 576. The highest BCUT2D eigenvalue weighted by atomic mass is 35.5. The zero-order valence-electron chi connectivity index (χ0n) is 11.3. The molecule has 1 N–H and O–H groups in total. The number of nitrogens with one attached hydrogen (secondary N) is 1. The molecule has 0 bridgehead atoms. The standard InChI is InChI=1S/C13H18Cl2N2O2S/c1-16-8-10-3-2-6-17(9-10)20(18,19)11-4-5-12(14)13(15)7-11/h4-5,7,10,16H,2-3,6,8-9H2,1H3. The van der Waals surface area contributed by atoms with Gasteiger partial charge in [-0.1, -0.05) is 23.2 Å². The molecule has 1 atom stereocenters. The van der Waals surface area contributed by atoms with Gasteiger partial charge in [0, 0.05) is 13.1 Å². The lowest BCUT2D eigenvalue weighted by Gasteiger charge is -2.31. The predicted molar refractivity (Wildman–Crippen MR) is 81.9 cm³/mol. The highest BCUT2D eigenvalue weighted by Gasteiger charge is 2.30. The maximum atomic E-state index is 12.6. The minimum absolute atomic E-state index is 0.206. The first kappa shape index (κ1) is 16.0. The Morgan fingerprint density at radius 3 is 2.75 bits per heavy atom. The summed E-state index contributed by atoms with van der Waals surface area (Å²) in [6.45, 7) is 1.93. The monoisotopic (exact) mass is 336 g/mol. The number of hydrogen-bond donors (Lipinski definition) is 1. The Labute approximate surface area is 130 Å². The topological polar surface area (TPSA) is 49.4 Å². The van der Waals surface area contributed by atoms with Crippen LogP contribution in [0.2, 0.25) is 10.0 Å². The minimum atomic E-state index is -3.49. The Hall–Kier alpha value is -0.330. The van der Waals surface area contributed by atoms with Crippen LogP contribution in [0.3, 0.4) is 0 Å². The Balaban J connectivity index is 2.23. The summed E-state index contributed by atoms with van der Waals surface area (Å²) in [5, 5.41) is 3.73. The quantitative estimate of drug-likeness (QED) is 0.919. The lowest BCUT2D eigenvalue weighted by molar-refractivity contribution is 0.263. The van der Waals surface area contributed by atoms with Gasteiger partial charge in [-0.05, 0) is 50.6 Å². The molecule has 0 aromatic heterocycles. The normalized spacial score (nSPS) is 21.1. The van der Waals surface area contributed by atoms with E-state index in [0.717, 1.165) is 19.4 Å². The van der Waals surface area contributed by atoms with Crippen LogP contribution in [-0.4, -0.2) is 39.4 Å². The Kier molecular flexibility index (Phi) is 5.31. The van der Waals surface area contributed by atoms with Crippen LogP contribution < -0.4 is 5.32 Å². The van der Waals surface area contributed by atoms with E-state index in [2.05, 4.69) is 5.32 Å². The molecule has 20 heavy (non-hydrogen) atoms. The van der Waals surface area contributed by atoms with Gasteiger partial charge >= 0.3 is 0 Å². The molecule has 112 valence electrons. The first-order chi connectivity index (χ1) is 9.45. The first-order valence-corrected chi connectivity index (χ1v) is 8.74. The van der Waals surface area contributed by atoms with E-state index in [0.29, 0.717) is 24.0 Å². The zero-order chi connectivity index (χ0) is 14.8. The predicted octanol–water partition coefficient (Wildman–Crippen LogP) is 2.61. The fourth-order valence-corrected chi connectivity index (χ4v) is 4.43. The molecule has 7 heteroatoms. The number of sulfonamides is 1. The smallest absolute Gasteiger partial charge is 0.243 e. The third-order valence-electron chi connectivity index (χ3n) is 3.50. The average molecular weight is 337 g/mol. The molecule has 1 unspecified atom stereocenters. The third-order valence-corrected chi connectivity index (χ3v) is 6.10. The van der Waals surface area contributed by atoms with Gasteiger partial charge in [0.1, 0.15) is 0 Å². The van der Waals surface area contributed by atoms with E-state index >= 15 is 0 Å². The molecule has 1 heterocycles. The van der Waals surface area contributed by atoms with Gasteiger partial charge < -0.3 is 5.32 Å². The molecule has 0 aliphatic carbocycles. The van der Waals surface area contributed by atoms with E-state index in [4.69, 9.17) is 23.2 Å². The summed E-state index contributed by atoms with van der Waals surface area (Å²) in [6.07, 6.45) is 1.93. The van der Waals surface area contributed by atoms with Crippen molar-refractivity contribution in [1.29, 1.82) is 0 Å². The second kappa shape index (κ2) is 6.62. The minimum Gasteiger partial charge on any atom is -0.319 e. The van der Waals surface area contributed by atoms with Crippen molar-refractivity contribution in [2.24, 2.45) is 5.92 Å². The molecular weight excluding hydrogens is 319 g/mol. The number of piperidine rings is 1. The molecule has 0 saturated carbocycles. The summed E-state index contributed by atoms with van der Waals surface area (Å²) >= 11 is 11.7. The molecule has 2 rings (SSSR count). The Morgan fingerprint density at radius 2 is 2.10 bits per heavy atom. The van der Waals surface area contributed by atoms with Gasteiger partial charge in [0.25, 0.3) is 0 Å². The van der Waals surface area contributed by atoms with Crippen LogP contribution in [0.4, 0.5) is 0 Å². The van der Waals surface area contributed by atoms with E-state index in [1.165, 1.54) is 22.5 Å². The highest BCUT2D eigenvalue weighted by Crippen LogP contribution is 2.28. The van der Waals surface area contributed by atoms with Crippen LogP contribution >= 0.6 is 23.2 Å². The summed E-state index contributed by atoms with van der Waals surface area (Å²) < 4.78 is 26.7. The first-order valence-electron chi connectivity index (χ1n) is 6.55. The molecule has 4 nitrogen and oxygen atoms in total. The molecule has 1 aromatic rings. The molecule has 0 spiro atoms. The highest BCUT2D eigenvalue weighted by molar-refractivity contribution is 7.89. The van der Waals surface area contributed by atoms with Crippen molar-refractivity contribution in [1.82, 2.24) is 9.62 Å². The van der Waals surface area contributed by atoms with Crippen molar-refractivity contribution in [2.75, 3.05) is 26.7 Å². The van der Waals surface area contributed by atoms with Crippen molar-refractivity contribution in [3.8, 4) is 0 Å². The van der Waals surface area contributed by atoms with E-state index in [9.17, 15) is 8.42 Å². The molecule has 1 aromatic carbocycles. The molecule has 1 aliphatic rings. The van der Waals surface area contributed by atoms with Crippen molar-refractivity contribution in [3.63, 3.8) is 0 Å². The van der Waals surface area contributed by atoms with Crippen LogP contribution in [0.15, 0.2) is 23.1 Å². The molecule has 0 amide bonds. The van der Waals surface area contributed by atoms with Crippen molar-refractivity contribution in [3.05, 3.63) is 28.2 Å². The van der Waals surface area contributed by atoms with Crippen LogP contribution in [0, 0.1) is 5.92 Å². The van der Waals surface area contributed by atoms with Crippen molar-refractivity contribution >= 4 is 33.2 Å². The lowest BCUT2D eigenvalue weighted by Crippen LogP contribution is -2.42. The van der Waals surface area contributed by atoms with E-state index in [-0.39, 0.29) is 9.92 Å². The van der Waals surface area contributed by atoms with Gasteiger partial charge in [-0.15, -0.1) is 0 Å². The maximum absolute atomic E-state index is 12.6. The Morgan fingerprint density at radius 1 is 1.35 bits per heavy atom. The second-order valence-electron chi connectivity index (χ2n) is 5.00. The number of halogens is 2. The summed E-state index contributed by atoms with van der Waals surface area (Å²) in [5.41, 5.74) is 0. The van der Waals surface area contributed by atoms with E-state index < -0.39 is 10.0 Å². The van der Waals surface area contributed by atoms with Gasteiger partial charge in [-0.3, -0.25) is 0 Å². The summed E-state index contributed by atoms with van der Waals surface area (Å²) in [5.74, 6) is 0.353. The van der Waals surface area contributed by atoms with Gasteiger partial charge in [-0.2, -0.15) is 4.31 Å². The van der Waals surface area contributed by atoms with Crippen molar-refractivity contribution in [2.45, 2.75) is 17.7 Å². The molecule has 1 aliphatic heterocycles. The largest absolute Gasteiger partial charge is 0.319 e. The SMILES string of the molecule is CNCC1CCCN(S(=O)(=O)c2ccc(Cl)c(Cl)c2)C1. The van der Waals surface area contributed by atoms with Crippen LogP contribution in [-0.2, 0) is 10.0 Å². The number of rotatable bonds is 4. The lowest BCUT2D eigenvalue weighted by atomic mass is 10.00. The molecule has 0 radical (unpaired) electrons. The third kappa shape index (κ3) is 3.46. The van der Waals surface area contributed by atoms with Gasteiger partial charge in [0.2, 0.25) is 10.0 Å². The van der Waals surface area contributed by atoms with E-state index in [1.807, 2.05) is 7.05 Å². The summed E-state index contributed by atoms with van der Waals surface area (Å²) in [7, 11) is -1.61. The van der Waals surface area contributed by atoms with Crippen LogP contribution in [0.25, 0.3) is 0 Å². The van der Waals surface area contributed by atoms with Crippen molar-refractivity contribution < 1.29 is 8.42 Å².